The average Bonchev–Trinajstić information content (AvgIpc) is 2.22. The summed E-state index contributed by atoms with van der Waals surface area (Å²) in [4.78, 5) is 0.0431. The molecule has 0 saturated heterocycles. The van der Waals surface area contributed by atoms with Gasteiger partial charge < -0.3 is 5.73 Å². The van der Waals surface area contributed by atoms with Gasteiger partial charge in [0.05, 0.1) is 4.90 Å². The summed E-state index contributed by atoms with van der Waals surface area (Å²) < 4.78 is 25.8. The van der Waals surface area contributed by atoms with Gasteiger partial charge in [0.15, 0.2) is 0 Å². The van der Waals surface area contributed by atoms with Gasteiger partial charge in [-0.25, -0.2) is 13.1 Å². The predicted molar refractivity (Wildman–Crippen MR) is 65.4 cm³/mol. The molecule has 0 radical (unpaired) electrons. The maximum atomic E-state index is 11.7. The Labute approximate surface area is 105 Å². The fourth-order valence-corrected chi connectivity index (χ4v) is 2.77. The lowest BCUT2D eigenvalue weighted by atomic mass is 10.2. The maximum absolute atomic E-state index is 11.7. The molecule has 4 nitrogen and oxygen atoms in total. The molecule has 0 heterocycles. The highest BCUT2D eigenvalue weighted by molar-refractivity contribution is 7.89. The normalized spacial score (nSPS) is 11.8. The standard InChI is InChI=1S/C9H12Cl2N2O2S/c1-6-8(10)4-7(5-9(6)11)16(14,15)13-3-2-12/h4-5,13H,2-3,12H2,1H3. The lowest BCUT2D eigenvalue weighted by Gasteiger charge is -2.08. The molecule has 0 bridgehead atoms. The molecular formula is C9H12Cl2N2O2S. The van der Waals surface area contributed by atoms with Crippen molar-refractivity contribution in [2.24, 2.45) is 5.73 Å². The van der Waals surface area contributed by atoms with Crippen LogP contribution in [0.1, 0.15) is 5.56 Å². The summed E-state index contributed by atoms with van der Waals surface area (Å²) in [6.07, 6.45) is 0. The molecule has 7 heteroatoms. The number of halogens is 2. The first-order valence-corrected chi connectivity index (χ1v) is 6.78. The van der Waals surface area contributed by atoms with Crippen LogP contribution >= 0.6 is 23.2 Å². The maximum Gasteiger partial charge on any atom is 0.240 e. The van der Waals surface area contributed by atoms with Crippen LogP contribution < -0.4 is 10.5 Å². The molecule has 0 spiro atoms. The van der Waals surface area contributed by atoms with E-state index in [1.807, 2.05) is 0 Å². The van der Waals surface area contributed by atoms with Gasteiger partial charge in [0.2, 0.25) is 10.0 Å². The van der Waals surface area contributed by atoms with Gasteiger partial charge in [0, 0.05) is 23.1 Å². The third-order valence-electron chi connectivity index (χ3n) is 2.00. The first-order valence-electron chi connectivity index (χ1n) is 4.54. The van der Waals surface area contributed by atoms with Crippen LogP contribution in [-0.2, 0) is 10.0 Å². The van der Waals surface area contributed by atoms with Gasteiger partial charge >= 0.3 is 0 Å². The molecule has 0 unspecified atom stereocenters. The Balaban J connectivity index is 3.14. The van der Waals surface area contributed by atoms with Gasteiger partial charge in [0.1, 0.15) is 0 Å². The first-order chi connectivity index (χ1) is 7.38. The summed E-state index contributed by atoms with van der Waals surface area (Å²) in [5, 5.41) is 0.640. The van der Waals surface area contributed by atoms with Crippen molar-refractivity contribution in [3.63, 3.8) is 0 Å². The number of hydrogen-bond acceptors (Lipinski definition) is 3. The molecule has 90 valence electrons. The zero-order chi connectivity index (χ0) is 12.3. The predicted octanol–water partition coefficient (Wildman–Crippen LogP) is 1.54. The molecule has 0 fully saturated rings. The third-order valence-corrected chi connectivity index (χ3v) is 4.23. The fourth-order valence-electron chi connectivity index (χ4n) is 1.05. The van der Waals surface area contributed by atoms with Gasteiger partial charge in [0.25, 0.3) is 0 Å². The molecule has 0 atom stereocenters. The molecule has 0 aliphatic rings. The second-order valence-corrected chi connectivity index (χ2v) is 5.78. The Hall–Kier alpha value is -0.330. The van der Waals surface area contributed by atoms with Crippen LogP contribution in [0.15, 0.2) is 17.0 Å². The summed E-state index contributed by atoms with van der Waals surface area (Å²) in [5.74, 6) is 0. The lowest BCUT2D eigenvalue weighted by molar-refractivity contribution is 0.582. The van der Waals surface area contributed by atoms with Crippen LogP contribution in [0.2, 0.25) is 10.0 Å². The monoisotopic (exact) mass is 282 g/mol. The number of nitrogens with two attached hydrogens (primary N) is 1. The van der Waals surface area contributed by atoms with E-state index in [2.05, 4.69) is 4.72 Å². The molecule has 0 aromatic heterocycles. The fraction of sp³-hybridized carbons (Fsp3) is 0.333. The molecule has 0 aliphatic carbocycles. The van der Waals surface area contributed by atoms with Crippen LogP contribution in [0.25, 0.3) is 0 Å². The minimum absolute atomic E-state index is 0.0431. The summed E-state index contributed by atoms with van der Waals surface area (Å²) in [5.41, 5.74) is 5.87. The van der Waals surface area contributed by atoms with E-state index in [9.17, 15) is 8.42 Å². The number of benzene rings is 1. The van der Waals surface area contributed by atoms with Crippen molar-refractivity contribution in [2.75, 3.05) is 13.1 Å². The van der Waals surface area contributed by atoms with Crippen molar-refractivity contribution in [1.29, 1.82) is 0 Å². The number of nitrogens with one attached hydrogen (secondary N) is 1. The molecular weight excluding hydrogens is 271 g/mol. The Morgan fingerprint density at radius 1 is 1.31 bits per heavy atom. The van der Waals surface area contributed by atoms with Gasteiger partial charge in [-0.05, 0) is 24.6 Å². The van der Waals surface area contributed by atoms with E-state index in [1.165, 1.54) is 12.1 Å². The van der Waals surface area contributed by atoms with Crippen molar-refractivity contribution in [2.45, 2.75) is 11.8 Å². The molecule has 1 rings (SSSR count). The average molecular weight is 283 g/mol. The van der Waals surface area contributed by atoms with Crippen LogP contribution in [0, 0.1) is 6.92 Å². The Morgan fingerprint density at radius 3 is 2.25 bits per heavy atom. The zero-order valence-corrected chi connectivity index (χ0v) is 11.0. The molecule has 0 amide bonds. The smallest absolute Gasteiger partial charge is 0.240 e. The largest absolute Gasteiger partial charge is 0.329 e. The number of rotatable bonds is 4. The van der Waals surface area contributed by atoms with Crippen LogP contribution in [0.4, 0.5) is 0 Å². The quantitative estimate of drug-likeness (QED) is 0.880. The Morgan fingerprint density at radius 2 is 1.81 bits per heavy atom. The van der Waals surface area contributed by atoms with Gasteiger partial charge in [-0.3, -0.25) is 0 Å². The topological polar surface area (TPSA) is 72.2 Å². The Kier molecular flexibility index (Phi) is 4.58. The van der Waals surface area contributed by atoms with E-state index in [-0.39, 0.29) is 18.0 Å². The molecule has 0 aliphatic heterocycles. The van der Waals surface area contributed by atoms with Crippen LogP contribution in [0.3, 0.4) is 0 Å². The summed E-state index contributed by atoms with van der Waals surface area (Å²) in [6, 6.07) is 2.73. The van der Waals surface area contributed by atoms with E-state index in [4.69, 9.17) is 28.9 Å². The van der Waals surface area contributed by atoms with Gasteiger partial charge in [-0.1, -0.05) is 23.2 Å². The summed E-state index contributed by atoms with van der Waals surface area (Å²) in [7, 11) is -3.58. The summed E-state index contributed by atoms with van der Waals surface area (Å²) in [6.45, 7) is 2.12. The van der Waals surface area contributed by atoms with E-state index < -0.39 is 10.0 Å². The highest BCUT2D eigenvalue weighted by atomic mass is 35.5. The molecule has 3 N–H and O–H groups in total. The second-order valence-electron chi connectivity index (χ2n) is 3.20. The van der Waals surface area contributed by atoms with Crippen LogP contribution in [0.5, 0.6) is 0 Å². The SMILES string of the molecule is Cc1c(Cl)cc(S(=O)(=O)NCCN)cc1Cl. The zero-order valence-electron chi connectivity index (χ0n) is 8.63. The second kappa shape index (κ2) is 5.33. The highest BCUT2D eigenvalue weighted by Gasteiger charge is 2.16. The van der Waals surface area contributed by atoms with Crippen molar-refractivity contribution in [3.8, 4) is 0 Å². The minimum Gasteiger partial charge on any atom is -0.329 e. The molecule has 16 heavy (non-hydrogen) atoms. The first kappa shape index (κ1) is 13.7. The number of hydrogen-bond donors (Lipinski definition) is 2. The van der Waals surface area contributed by atoms with Crippen molar-refractivity contribution < 1.29 is 8.42 Å². The lowest BCUT2D eigenvalue weighted by Crippen LogP contribution is -2.29. The van der Waals surface area contributed by atoms with Crippen molar-refractivity contribution in [1.82, 2.24) is 4.72 Å². The molecule has 1 aromatic rings. The van der Waals surface area contributed by atoms with E-state index in [1.54, 1.807) is 6.92 Å². The third kappa shape index (κ3) is 3.09. The Bertz CT molecular complexity index is 465. The van der Waals surface area contributed by atoms with Gasteiger partial charge in [-0.15, -0.1) is 0 Å². The van der Waals surface area contributed by atoms with Crippen LogP contribution in [-0.4, -0.2) is 21.5 Å². The van der Waals surface area contributed by atoms with E-state index in [0.717, 1.165) is 0 Å². The van der Waals surface area contributed by atoms with E-state index >= 15 is 0 Å². The molecule has 1 aromatic carbocycles. The van der Waals surface area contributed by atoms with Crippen molar-refractivity contribution in [3.05, 3.63) is 27.7 Å². The van der Waals surface area contributed by atoms with E-state index in [0.29, 0.717) is 15.6 Å². The van der Waals surface area contributed by atoms with Crippen molar-refractivity contribution >= 4 is 33.2 Å². The molecule has 0 saturated carbocycles. The minimum atomic E-state index is -3.58. The van der Waals surface area contributed by atoms with Gasteiger partial charge in [-0.2, -0.15) is 0 Å². The highest BCUT2D eigenvalue weighted by Crippen LogP contribution is 2.27. The summed E-state index contributed by atoms with van der Waals surface area (Å²) >= 11 is 11.7. The number of sulfonamides is 1.